The maximum atomic E-state index is 12.7. The molecule has 8 atom stereocenters. The third-order valence-electron chi connectivity index (χ3n) is 10.8. The Labute approximate surface area is 191 Å². The van der Waals surface area contributed by atoms with Gasteiger partial charge < -0.3 is 9.84 Å². The molecule has 4 heteroatoms. The fourth-order valence-electron chi connectivity index (χ4n) is 9.52. The van der Waals surface area contributed by atoms with Crippen molar-refractivity contribution in [1.29, 1.82) is 0 Å². The van der Waals surface area contributed by atoms with Gasteiger partial charge in [-0.25, -0.2) is 0 Å². The maximum Gasteiger partial charge on any atom is 0.147 e. The van der Waals surface area contributed by atoms with E-state index in [-0.39, 0.29) is 11.3 Å². The van der Waals surface area contributed by atoms with Crippen LogP contribution >= 0.6 is 15.9 Å². The normalized spacial score (nSPS) is 50.5. The van der Waals surface area contributed by atoms with Crippen LogP contribution in [0.4, 0.5) is 0 Å². The van der Waals surface area contributed by atoms with Crippen LogP contribution in [0.1, 0.15) is 84.5 Å². The number of carbonyl (C=O) groups is 1. The monoisotopic (exact) mass is 480 g/mol. The van der Waals surface area contributed by atoms with Gasteiger partial charge in [-0.05, 0) is 118 Å². The van der Waals surface area contributed by atoms with Crippen molar-refractivity contribution >= 4 is 21.7 Å². The molecule has 5 aliphatic carbocycles. The zero-order valence-electron chi connectivity index (χ0n) is 19.0. The number of rotatable bonds is 6. The minimum absolute atomic E-state index is 0.230. The number of alkyl halides is 1. The number of aliphatic hydroxyl groups is 1. The molecule has 0 radical (unpaired) electrons. The second-order valence-corrected chi connectivity index (χ2v) is 12.4. The van der Waals surface area contributed by atoms with Crippen molar-refractivity contribution in [2.45, 2.75) is 90.1 Å². The molecule has 5 aliphatic rings. The van der Waals surface area contributed by atoms with E-state index < -0.39 is 5.60 Å². The van der Waals surface area contributed by atoms with Gasteiger partial charge in [-0.3, -0.25) is 4.79 Å². The zero-order valence-corrected chi connectivity index (χ0v) is 20.6. The minimum atomic E-state index is -0.601. The van der Waals surface area contributed by atoms with E-state index in [2.05, 4.69) is 22.9 Å². The summed E-state index contributed by atoms with van der Waals surface area (Å²) in [6.07, 6.45) is 13.5. The largest absolute Gasteiger partial charge is 0.387 e. The van der Waals surface area contributed by atoms with E-state index in [4.69, 9.17) is 4.74 Å². The first-order valence-electron chi connectivity index (χ1n) is 12.8. The Hall–Kier alpha value is 0.0700. The average Bonchev–Trinajstić information content (AvgIpc) is 3.53. The summed E-state index contributed by atoms with van der Waals surface area (Å²) in [7, 11) is 0. The molecule has 0 aromatic heterocycles. The van der Waals surface area contributed by atoms with Crippen LogP contribution in [0.2, 0.25) is 0 Å². The van der Waals surface area contributed by atoms with Crippen LogP contribution in [0.3, 0.4) is 0 Å². The summed E-state index contributed by atoms with van der Waals surface area (Å²) in [4.78, 5) is 12.7. The lowest BCUT2D eigenvalue weighted by Crippen LogP contribution is -2.58. The number of ether oxygens (including phenoxy) is 1. The van der Waals surface area contributed by atoms with Crippen molar-refractivity contribution in [2.75, 3.05) is 18.5 Å². The standard InChI is InChI=1S/C26H41BrO3/c1-3-30-16-25(29)12-13-26(17-4-5-17)18(14-25)6-7-19-20-8-9-22(23(28)15-27)24(20,2)11-10-21(19)26/h17-22,29H,3-16H2,1-2H3/t18-,19+,20+,21+,22-,24+,25-,26-/m1/s1. The van der Waals surface area contributed by atoms with Crippen LogP contribution < -0.4 is 0 Å². The first-order chi connectivity index (χ1) is 14.4. The number of fused-ring (bicyclic) bond motifs is 5. The Balaban J connectivity index is 1.41. The molecule has 5 saturated carbocycles. The molecule has 30 heavy (non-hydrogen) atoms. The third-order valence-corrected chi connectivity index (χ3v) is 11.4. The van der Waals surface area contributed by atoms with E-state index in [0.29, 0.717) is 35.7 Å². The van der Waals surface area contributed by atoms with Gasteiger partial charge in [-0.15, -0.1) is 0 Å². The van der Waals surface area contributed by atoms with Gasteiger partial charge in [-0.2, -0.15) is 0 Å². The minimum Gasteiger partial charge on any atom is -0.387 e. The van der Waals surface area contributed by atoms with Gasteiger partial charge >= 0.3 is 0 Å². The molecule has 0 bridgehead atoms. The van der Waals surface area contributed by atoms with E-state index in [1.807, 2.05) is 6.92 Å². The highest BCUT2D eigenvalue weighted by molar-refractivity contribution is 9.09. The summed E-state index contributed by atoms with van der Waals surface area (Å²) in [5.74, 6) is 4.68. The fourth-order valence-corrected chi connectivity index (χ4v) is 9.91. The Kier molecular flexibility index (Phi) is 5.72. The van der Waals surface area contributed by atoms with Gasteiger partial charge in [-0.1, -0.05) is 22.9 Å². The second-order valence-electron chi connectivity index (χ2n) is 11.9. The Morgan fingerprint density at radius 1 is 1.00 bits per heavy atom. The molecular formula is C26H41BrO3. The highest BCUT2D eigenvalue weighted by Gasteiger charge is 2.66. The van der Waals surface area contributed by atoms with Crippen molar-refractivity contribution in [3.63, 3.8) is 0 Å². The summed E-state index contributed by atoms with van der Waals surface area (Å²) < 4.78 is 5.70. The number of hydrogen-bond acceptors (Lipinski definition) is 3. The molecule has 0 amide bonds. The maximum absolute atomic E-state index is 12.7. The van der Waals surface area contributed by atoms with Crippen LogP contribution in [-0.4, -0.2) is 35.0 Å². The highest BCUT2D eigenvalue weighted by Crippen LogP contribution is 2.72. The predicted molar refractivity (Wildman–Crippen MR) is 123 cm³/mol. The van der Waals surface area contributed by atoms with Gasteiger partial charge in [0, 0.05) is 12.5 Å². The molecular weight excluding hydrogens is 440 g/mol. The number of ketones is 1. The molecule has 0 aliphatic heterocycles. The quantitative estimate of drug-likeness (QED) is 0.490. The first kappa shape index (κ1) is 21.9. The molecule has 5 rings (SSSR count). The lowest BCUT2D eigenvalue weighted by Gasteiger charge is -2.63. The highest BCUT2D eigenvalue weighted by atomic mass is 79.9. The summed E-state index contributed by atoms with van der Waals surface area (Å²) in [5.41, 5.74) is 0.101. The Morgan fingerprint density at radius 2 is 1.77 bits per heavy atom. The van der Waals surface area contributed by atoms with Crippen LogP contribution in [0.15, 0.2) is 0 Å². The lowest BCUT2D eigenvalue weighted by molar-refractivity contribution is -0.180. The van der Waals surface area contributed by atoms with Crippen LogP contribution in [0, 0.1) is 46.3 Å². The fraction of sp³-hybridized carbons (Fsp3) is 0.962. The van der Waals surface area contributed by atoms with E-state index in [1.54, 1.807) is 0 Å². The van der Waals surface area contributed by atoms with Gasteiger partial charge in [0.25, 0.3) is 0 Å². The topological polar surface area (TPSA) is 46.5 Å². The molecule has 0 unspecified atom stereocenters. The van der Waals surface area contributed by atoms with E-state index in [0.717, 1.165) is 42.9 Å². The Morgan fingerprint density at radius 3 is 2.47 bits per heavy atom. The van der Waals surface area contributed by atoms with Crippen molar-refractivity contribution in [2.24, 2.45) is 46.3 Å². The van der Waals surface area contributed by atoms with Gasteiger partial charge in [0.1, 0.15) is 5.78 Å². The van der Waals surface area contributed by atoms with Gasteiger partial charge in [0.15, 0.2) is 0 Å². The summed E-state index contributed by atoms with van der Waals surface area (Å²) in [5, 5.41) is 11.8. The molecule has 1 N–H and O–H groups in total. The molecule has 0 spiro atoms. The van der Waals surface area contributed by atoms with Crippen LogP contribution in [0.5, 0.6) is 0 Å². The molecule has 0 saturated heterocycles. The van der Waals surface area contributed by atoms with E-state index in [9.17, 15) is 9.90 Å². The molecule has 3 nitrogen and oxygen atoms in total. The summed E-state index contributed by atoms with van der Waals surface area (Å²) >= 11 is 3.46. The zero-order chi connectivity index (χ0) is 21.1. The van der Waals surface area contributed by atoms with Crippen molar-refractivity contribution in [3.05, 3.63) is 0 Å². The smallest absolute Gasteiger partial charge is 0.147 e. The van der Waals surface area contributed by atoms with Crippen molar-refractivity contribution < 1.29 is 14.6 Å². The summed E-state index contributed by atoms with van der Waals surface area (Å²) in [6, 6.07) is 0. The lowest BCUT2D eigenvalue weighted by atomic mass is 9.42. The van der Waals surface area contributed by atoms with Crippen LogP contribution in [0.25, 0.3) is 0 Å². The molecule has 0 heterocycles. The van der Waals surface area contributed by atoms with E-state index >= 15 is 0 Å². The Bertz CT molecular complexity index is 677. The number of halogens is 1. The second kappa shape index (κ2) is 7.83. The first-order valence-corrected chi connectivity index (χ1v) is 13.9. The number of Topliss-reactive ketones (excluding diaryl/α,β-unsaturated/α-hetero) is 1. The van der Waals surface area contributed by atoms with Gasteiger partial charge in [0.05, 0.1) is 17.5 Å². The third kappa shape index (κ3) is 3.21. The number of carbonyl (C=O) groups excluding carboxylic acids is 1. The molecule has 5 fully saturated rings. The van der Waals surface area contributed by atoms with Crippen molar-refractivity contribution in [3.8, 4) is 0 Å². The van der Waals surface area contributed by atoms with E-state index in [1.165, 1.54) is 51.4 Å². The average molecular weight is 482 g/mol. The summed E-state index contributed by atoms with van der Waals surface area (Å²) in [6.45, 7) is 5.70. The predicted octanol–water partition coefficient (Wildman–Crippen LogP) is 5.77. The molecule has 170 valence electrons. The van der Waals surface area contributed by atoms with Crippen molar-refractivity contribution in [1.82, 2.24) is 0 Å². The number of hydrogen-bond donors (Lipinski definition) is 1. The SMILES string of the molecule is CCOC[C@@]1(O)CC[C@@]2(C3CC3)[C@H](CC[C@H]3[C@@H]4CC[C@H](C(=O)CBr)[C@@]4(C)CC[C@@H]32)C1. The molecule has 0 aromatic rings. The van der Waals surface area contributed by atoms with Gasteiger partial charge in [0.2, 0.25) is 0 Å². The molecule has 0 aromatic carbocycles. The van der Waals surface area contributed by atoms with Crippen LogP contribution in [-0.2, 0) is 9.53 Å².